The molecule has 3 rings (SSSR count). The second kappa shape index (κ2) is 6.53. The number of rotatable bonds is 6. The van der Waals surface area contributed by atoms with E-state index in [1.165, 1.54) is 0 Å². The molecule has 0 fully saturated rings. The van der Waals surface area contributed by atoms with Crippen molar-refractivity contribution in [3.05, 3.63) is 59.6 Å². The number of hydrogen-bond acceptors (Lipinski definition) is 6. The zero-order valence-electron chi connectivity index (χ0n) is 13.1. The van der Waals surface area contributed by atoms with Crippen molar-refractivity contribution in [1.82, 2.24) is 19.7 Å². The van der Waals surface area contributed by atoms with Crippen LogP contribution in [0, 0.1) is 6.92 Å². The van der Waals surface area contributed by atoms with Crippen molar-refractivity contribution in [3.8, 4) is 0 Å². The van der Waals surface area contributed by atoms with Crippen molar-refractivity contribution in [2.45, 2.75) is 25.8 Å². The summed E-state index contributed by atoms with van der Waals surface area (Å²) in [6.07, 6.45) is 5.19. The number of aliphatic carboxylic acids is 1. The normalized spacial score (nSPS) is 12.2. The summed E-state index contributed by atoms with van der Waals surface area (Å²) >= 11 is 0. The number of imidazole rings is 1. The predicted octanol–water partition coefficient (Wildman–Crippen LogP) is 1.62. The van der Waals surface area contributed by atoms with E-state index in [0.29, 0.717) is 24.5 Å². The van der Waals surface area contributed by atoms with E-state index in [1.54, 1.807) is 35.4 Å². The summed E-state index contributed by atoms with van der Waals surface area (Å²) in [4.78, 5) is 19.8. The molecule has 0 amide bonds. The lowest BCUT2D eigenvalue weighted by Crippen LogP contribution is -2.15. The second-order valence-electron chi connectivity index (χ2n) is 5.59. The van der Waals surface area contributed by atoms with E-state index in [2.05, 4.69) is 15.1 Å². The number of nitrogen functional groups attached to an aromatic ring is 1. The van der Waals surface area contributed by atoms with Gasteiger partial charge in [-0.3, -0.25) is 4.79 Å². The molecule has 3 aromatic heterocycles. The summed E-state index contributed by atoms with van der Waals surface area (Å²) in [5.74, 6) is -0.563. The van der Waals surface area contributed by atoms with Gasteiger partial charge in [-0.15, -0.1) is 0 Å². The molecule has 3 N–H and O–H groups in total. The third-order valence-corrected chi connectivity index (χ3v) is 3.62. The van der Waals surface area contributed by atoms with Gasteiger partial charge in [-0.2, -0.15) is 0 Å². The van der Waals surface area contributed by atoms with Crippen LogP contribution >= 0.6 is 0 Å². The van der Waals surface area contributed by atoms with E-state index in [9.17, 15) is 9.90 Å². The third kappa shape index (κ3) is 3.60. The smallest absolute Gasteiger partial charge is 0.312 e. The highest BCUT2D eigenvalue weighted by molar-refractivity contribution is 5.75. The van der Waals surface area contributed by atoms with Gasteiger partial charge in [0.1, 0.15) is 23.2 Å². The fraction of sp³-hybridized carbons (Fsp3) is 0.250. The summed E-state index contributed by atoms with van der Waals surface area (Å²) in [7, 11) is 0. The van der Waals surface area contributed by atoms with Gasteiger partial charge in [-0.25, -0.2) is 9.97 Å². The predicted molar refractivity (Wildman–Crippen MR) is 85.3 cm³/mol. The molecule has 0 spiro atoms. The lowest BCUT2D eigenvalue weighted by Gasteiger charge is -2.09. The Morgan fingerprint density at radius 1 is 1.42 bits per heavy atom. The second-order valence-corrected chi connectivity index (χ2v) is 5.59. The zero-order valence-corrected chi connectivity index (χ0v) is 13.1. The Labute approximate surface area is 137 Å². The molecule has 1 atom stereocenters. The number of aromatic nitrogens is 4. The number of carbonyl (C=O) groups is 1. The Hall–Kier alpha value is -3.16. The van der Waals surface area contributed by atoms with Crippen LogP contribution in [0.4, 0.5) is 5.82 Å². The molecule has 24 heavy (non-hydrogen) atoms. The molecule has 0 saturated carbocycles. The summed E-state index contributed by atoms with van der Waals surface area (Å²) in [6, 6.07) is 5.25. The Kier molecular flexibility index (Phi) is 4.28. The maximum atomic E-state index is 11.6. The van der Waals surface area contributed by atoms with Gasteiger partial charge in [0.15, 0.2) is 0 Å². The minimum atomic E-state index is -0.936. The molecule has 124 valence electrons. The van der Waals surface area contributed by atoms with Crippen LogP contribution in [0.25, 0.3) is 0 Å². The standard InChI is InChI=1S/C16H17N5O3/c1-10-4-12(20-24-10)7-21-8-14(19-9-21)13(16(22)23)5-11-2-3-15(17)18-6-11/h2-4,6,8-9,13H,5,7H2,1H3,(H2,17,18)(H,22,23). The van der Waals surface area contributed by atoms with Crippen molar-refractivity contribution >= 4 is 11.8 Å². The molecule has 0 aliphatic heterocycles. The van der Waals surface area contributed by atoms with Crippen LogP contribution in [-0.2, 0) is 17.8 Å². The highest BCUT2D eigenvalue weighted by Gasteiger charge is 2.23. The molecule has 8 nitrogen and oxygen atoms in total. The number of carboxylic acids is 1. The van der Waals surface area contributed by atoms with Gasteiger partial charge >= 0.3 is 5.97 Å². The number of pyridine rings is 1. The lowest BCUT2D eigenvalue weighted by molar-refractivity contribution is -0.138. The summed E-state index contributed by atoms with van der Waals surface area (Å²) < 4.78 is 6.80. The molecule has 1 unspecified atom stereocenters. The SMILES string of the molecule is Cc1cc(Cn2cnc(C(Cc3ccc(N)nc3)C(=O)O)c2)no1. The number of nitrogens with two attached hydrogens (primary N) is 1. The number of carboxylic acid groups (broad SMARTS) is 1. The Morgan fingerprint density at radius 2 is 2.25 bits per heavy atom. The molecule has 0 saturated heterocycles. The van der Waals surface area contributed by atoms with Crippen LogP contribution < -0.4 is 5.73 Å². The summed E-state index contributed by atoms with van der Waals surface area (Å²) in [5.41, 5.74) is 7.58. The first-order valence-corrected chi connectivity index (χ1v) is 7.38. The minimum Gasteiger partial charge on any atom is -0.481 e. The molecule has 3 heterocycles. The van der Waals surface area contributed by atoms with Crippen LogP contribution in [-0.4, -0.2) is 30.8 Å². The molecule has 8 heteroatoms. The molecule has 0 radical (unpaired) electrons. The van der Waals surface area contributed by atoms with Crippen molar-refractivity contribution in [3.63, 3.8) is 0 Å². The van der Waals surface area contributed by atoms with Gasteiger partial charge in [0.25, 0.3) is 0 Å². The van der Waals surface area contributed by atoms with Crippen LogP contribution in [0.5, 0.6) is 0 Å². The highest BCUT2D eigenvalue weighted by atomic mass is 16.5. The highest BCUT2D eigenvalue weighted by Crippen LogP contribution is 2.20. The van der Waals surface area contributed by atoms with Crippen LogP contribution in [0.3, 0.4) is 0 Å². The van der Waals surface area contributed by atoms with Crippen LogP contribution in [0.2, 0.25) is 0 Å². The Morgan fingerprint density at radius 3 is 2.88 bits per heavy atom. The van der Waals surface area contributed by atoms with E-state index < -0.39 is 11.9 Å². The van der Waals surface area contributed by atoms with Gasteiger partial charge in [0.05, 0.1) is 18.6 Å². The van der Waals surface area contributed by atoms with E-state index in [1.807, 2.05) is 13.0 Å². The Balaban J connectivity index is 1.76. The quantitative estimate of drug-likeness (QED) is 0.705. The first-order valence-electron chi connectivity index (χ1n) is 7.38. The van der Waals surface area contributed by atoms with Crippen molar-refractivity contribution in [1.29, 1.82) is 0 Å². The van der Waals surface area contributed by atoms with Gasteiger partial charge in [0, 0.05) is 18.5 Å². The third-order valence-electron chi connectivity index (χ3n) is 3.62. The molecule has 0 aliphatic rings. The van der Waals surface area contributed by atoms with Crippen LogP contribution in [0.1, 0.15) is 28.6 Å². The average Bonchev–Trinajstić information content (AvgIpc) is 3.16. The van der Waals surface area contributed by atoms with Crippen molar-refractivity contribution in [2.24, 2.45) is 0 Å². The summed E-state index contributed by atoms with van der Waals surface area (Å²) in [5, 5.41) is 13.4. The first kappa shape index (κ1) is 15.7. The molecule has 0 bridgehead atoms. The molecular weight excluding hydrogens is 310 g/mol. The molecular formula is C16H17N5O3. The van der Waals surface area contributed by atoms with Gasteiger partial charge < -0.3 is 19.9 Å². The van der Waals surface area contributed by atoms with E-state index >= 15 is 0 Å². The molecule has 3 aromatic rings. The van der Waals surface area contributed by atoms with Crippen LogP contribution in [0.15, 0.2) is 41.4 Å². The van der Waals surface area contributed by atoms with Gasteiger partial charge in [0.2, 0.25) is 0 Å². The lowest BCUT2D eigenvalue weighted by atomic mass is 9.98. The molecule has 0 aliphatic carbocycles. The number of aryl methyl sites for hydroxylation is 1. The monoisotopic (exact) mass is 327 g/mol. The minimum absolute atomic E-state index is 0.294. The number of anilines is 1. The first-order chi connectivity index (χ1) is 11.5. The van der Waals surface area contributed by atoms with E-state index in [0.717, 1.165) is 17.0 Å². The number of hydrogen-bond donors (Lipinski definition) is 2. The van der Waals surface area contributed by atoms with Crippen molar-refractivity contribution in [2.75, 3.05) is 5.73 Å². The van der Waals surface area contributed by atoms with Gasteiger partial charge in [-0.1, -0.05) is 11.2 Å². The average molecular weight is 327 g/mol. The van der Waals surface area contributed by atoms with Crippen molar-refractivity contribution < 1.29 is 14.4 Å². The largest absolute Gasteiger partial charge is 0.481 e. The zero-order chi connectivity index (χ0) is 17.1. The fourth-order valence-electron chi connectivity index (χ4n) is 2.43. The topological polar surface area (TPSA) is 120 Å². The Bertz CT molecular complexity index is 838. The number of nitrogens with zero attached hydrogens (tertiary/aromatic N) is 4. The maximum Gasteiger partial charge on any atom is 0.312 e. The van der Waals surface area contributed by atoms with E-state index in [4.69, 9.17) is 10.3 Å². The molecule has 0 aromatic carbocycles. The van der Waals surface area contributed by atoms with Gasteiger partial charge in [-0.05, 0) is 25.0 Å². The summed E-state index contributed by atoms with van der Waals surface area (Å²) in [6.45, 7) is 2.29. The van der Waals surface area contributed by atoms with E-state index in [-0.39, 0.29) is 0 Å². The fourth-order valence-corrected chi connectivity index (χ4v) is 2.43. The maximum absolute atomic E-state index is 11.6.